The van der Waals surface area contributed by atoms with Crippen LogP contribution in [0.25, 0.3) is 0 Å². The molecule has 8 heteroatoms. The summed E-state index contributed by atoms with van der Waals surface area (Å²) in [6.07, 6.45) is 0.798. The second-order valence-electron chi connectivity index (χ2n) is 3.60. The van der Waals surface area contributed by atoms with Crippen molar-refractivity contribution in [2.75, 3.05) is 13.1 Å². The van der Waals surface area contributed by atoms with Crippen molar-refractivity contribution >= 4 is 27.2 Å². The average Bonchev–Trinajstić information content (AvgIpc) is 2.84. The zero-order chi connectivity index (χ0) is 13.8. The molecule has 102 valence electrons. The van der Waals surface area contributed by atoms with Crippen LogP contribution in [0, 0.1) is 0 Å². The second kappa shape index (κ2) is 6.17. The molecular formula is C10H17N3O3S2. The molecule has 0 saturated heterocycles. The number of nitrogens with zero attached hydrogens (tertiary/aromatic N) is 2. The van der Waals surface area contributed by atoms with Crippen LogP contribution in [0.15, 0.2) is 21.5 Å². The number of aryl methyl sites for hydroxylation is 1. The van der Waals surface area contributed by atoms with Gasteiger partial charge in [0.25, 0.3) is 10.0 Å². The topological polar surface area (TPSA) is 96.0 Å². The molecule has 0 amide bonds. The third kappa shape index (κ3) is 3.21. The van der Waals surface area contributed by atoms with Crippen molar-refractivity contribution < 1.29 is 13.6 Å². The summed E-state index contributed by atoms with van der Waals surface area (Å²) in [5.41, 5.74) is 5.35. The monoisotopic (exact) mass is 291 g/mol. The van der Waals surface area contributed by atoms with Crippen LogP contribution in [0.1, 0.15) is 18.7 Å². The molecule has 0 aliphatic rings. The minimum absolute atomic E-state index is 0.116. The van der Waals surface area contributed by atoms with E-state index in [1.807, 2.05) is 6.92 Å². The van der Waals surface area contributed by atoms with Crippen LogP contribution in [0.2, 0.25) is 0 Å². The zero-order valence-electron chi connectivity index (χ0n) is 10.3. The molecule has 0 aliphatic heterocycles. The van der Waals surface area contributed by atoms with Crippen molar-refractivity contribution in [3.05, 3.63) is 17.0 Å². The Balaban J connectivity index is 3.03. The fourth-order valence-corrected chi connectivity index (χ4v) is 4.26. The fourth-order valence-electron chi connectivity index (χ4n) is 1.39. The molecule has 18 heavy (non-hydrogen) atoms. The molecule has 1 aromatic rings. The van der Waals surface area contributed by atoms with Gasteiger partial charge in [0.15, 0.2) is 5.84 Å². The van der Waals surface area contributed by atoms with E-state index in [-0.39, 0.29) is 23.1 Å². The summed E-state index contributed by atoms with van der Waals surface area (Å²) in [6, 6.07) is 3.39. The number of nitrogens with two attached hydrogens (primary N) is 1. The second-order valence-corrected chi connectivity index (χ2v) is 6.93. The van der Waals surface area contributed by atoms with Crippen LogP contribution in [-0.4, -0.2) is 36.9 Å². The Kier molecular flexibility index (Phi) is 5.12. The normalized spacial score (nSPS) is 13.2. The molecule has 6 nitrogen and oxygen atoms in total. The lowest BCUT2D eigenvalue weighted by Gasteiger charge is -2.18. The van der Waals surface area contributed by atoms with Gasteiger partial charge >= 0.3 is 0 Å². The average molecular weight is 291 g/mol. The molecule has 0 atom stereocenters. The SMILES string of the molecule is CCc1ccc(S(=O)(=O)N(CC)CC(N)=NO)s1. The predicted molar refractivity (Wildman–Crippen MR) is 71.5 cm³/mol. The van der Waals surface area contributed by atoms with Gasteiger partial charge in [-0.15, -0.1) is 11.3 Å². The third-order valence-electron chi connectivity index (χ3n) is 2.40. The van der Waals surface area contributed by atoms with Gasteiger partial charge in [0.2, 0.25) is 0 Å². The molecule has 1 aromatic heterocycles. The van der Waals surface area contributed by atoms with E-state index in [2.05, 4.69) is 5.16 Å². The first-order chi connectivity index (χ1) is 8.45. The molecule has 0 aromatic carbocycles. The minimum Gasteiger partial charge on any atom is -0.409 e. The first-order valence-corrected chi connectivity index (χ1v) is 7.76. The standard InChI is InChI=1S/C10H17N3O3S2/c1-3-8-5-6-10(17-8)18(15,16)13(4-2)7-9(11)12-14/h5-6,14H,3-4,7H2,1-2H3,(H2,11,12). The number of hydrogen-bond donors (Lipinski definition) is 2. The predicted octanol–water partition coefficient (Wildman–Crippen LogP) is 1.07. The van der Waals surface area contributed by atoms with Gasteiger partial charge in [0.05, 0.1) is 6.54 Å². The van der Waals surface area contributed by atoms with Gasteiger partial charge in [0.1, 0.15) is 4.21 Å². The number of rotatable bonds is 6. The summed E-state index contributed by atoms with van der Waals surface area (Å²) in [4.78, 5) is 1.01. The van der Waals surface area contributed by atoms with Gasteiger partial charge < -0.3 is 10.9 Å². The van der Waals surface area contributed by atoms with Gasteiger partial charge in [-0.25, -0.2) is 8.42 Å². The Labute approximate surface area is 111 Å². The van der Waals surface area contributed by atoms with Crippen LogP contribution in [0.4, 0.5) is 0 Å². The van der Waals surface area contributed by atoms with Crippen LogP contribution < -0.4 is 5.73 Å². The Bertz CT molecular complexity index is 522. The van der Waals surface area contributed by atoms with Gasteiger partial charge in [-0.3, -0.25) is 0 Å². The molecule has 3 N–H and O–H groups in total. The Morgan fingerprint density at radius 2 is 2.17 bits per heavy atom. The van der Waals surface area contributed by atoms with E-state index < -0.39 is 10.0 Å². The Morgan fingerprint density at radius 3 is 2.61 bits per heavy atom. The number of sulfonamides is 1. The first kappa shape index (κ1) is 14.9. The van der Waals surface area contributed by atoms with E-state index in [1.165, 1.54) is 15.6 Å². The summed E-state index contributed by atoms with van der Waals surface area (Å²) >= 11 is 1.25. The molecule has 0 saturated carbocycles. The van der Waals surface area contributed by atoms with E-state index in [0.29, 0.717) is 0 Å². The number of amidine groups is 1. The quantitative estimate of drug-likeness (QED) is 0.354. The summed E-state index contributed by atoms with van der Waals surface area (Å²) in [6.45, 7) is 3.82. The van der Waals surface area contributed by atoms with Crippen LogP contribution in [0.5, 0.6) is 0 Å². The maximum atomic E-state index is 12.3. The van der Waals surface area contributed by atoms with E-state index in [0.717, 1.165) is 11.3 Å². The highest BCUT2D eigenvalue weighted by atomic mass is 32.2. The van der Waals surface area contributed by atoms with Crippen LogP contribution in [0.3, 0.4) is 0 Å². The lowest BCUT2D eigenvalue weighted by Crippen LogP contribution is -2.38. The maximum absolute atomic E-state index is 12.3. The fraction of sp³-hybridized carbons (Fsp3) is 0.500. The summed E-state index contributed by atoms with van der Waals surface area (Å²) in [5, 5.41) is 11.3. The summed E-state index contributed by atoms with van der Waals surface area (Å²) in [5.74, 6) is -0.132. The van der Waals surface area contributed by atoms with Crippen molar-refractivity contribution in [2.45, 2.75) is 24.5 Å². The molecule has 0 spiro atoms. The summed E-state index contributed by atoms with van der Waals surface area (Å²) in [7, 11) is -3.57. The lowest BCUT2D eigenvalue weighted by molar-refractivity contribution is 0.315. The van der Waals surface area contributed by atoms with Gasteiger partial charge in [-0.05, 0) is 18.6 Å². The van der Waals surface area contributed by atoms with E-state index in [1.54, 1.807) is 19.1 Å². The molecule has 1 rings (SSSR count). The number of likely N-dealkylation sites (N-methyl/N-ethyl adjacent to an activating group) is 1. The third-order valence-corrected chi connectivity index (χ3v) is 6.02. The first-order valence-electron chi connectivity index (χ1n) is 5.51. The molecule has 0 radical (unpaired) electrons. The van der Waals surface area contributed by atoms with E-state index >= 15 is 0 Å². The number of hydrogen-bond acceptors (Lipinski definition) is 5. The molecule has 0 aliphatic carbocycles. The van der Waals surface area contributed by atoms with Gasteiger partial charge in [-0.1, -0.05) is 19.0 Å². The highest BCUT2D eigenvalue weighted by Gasteiger charge is 2.25. The van der Waals surface area contributed by atoms with E-state index in [4.69, 9.17) is 10.9 Å². The number of thiophene rings is 1. The van der Waals surface area contributed by atoms with Crippen molar-refractivity contribution in [1.82, 2.24) is 4.31 Å². The Morgan fingerprint density at radius 1 is 1.50 bits per heavy atom. The van der Waals surface area contributed by atoms with Crippen LogP contribution in [-0.2, 0) is 16.4 Å². The van der Waals surface area contributed by atoms with Crippen molar-refractivity contribution in [2.24, 2.45) is 10.9 Å². The largest absolute Gasteiger partial charge is 0.409 e. The smallest absolute Gasteiger partial charge is 0.252 e. The van der Waals surface area contributed by atoms with Crippen molar-refractivity contribution in [3.8, 4) is 0 Å². The molecule has 0 unspecified atom stereocenters. The number of oxime groups is 1. The molecule has 1 heterocycles. The molecular weight excluding hydrogens is 274 g/mol. The molecule has 0 fully saturated rings. The lowest BCUT2D eigenvalue weighted by atomic mass is 10.4. The van der Waals surface area contributed by atoms with Crippen molar-refractivity contribution in [3.63, 3.8) is 0 Å². The van der Waals surface area contributed by atoms with Crippen molar-refractivity contribution in [1.29, 1.82) is 0 Å². The zero-order valence-corrected chi connectivity index (χ0v) is 12.0. The Hall–Kier alpha value is -1.12. The summed E-state index contributed by atoms with van der Waals surface area (Å²) < 4.78 is 26.0. The highest BCUT2D eigenvalue weighted by molar-refractivity contribution is 7.91. The molecule has 0 bridgehead atoms. The van der Waals surface area contributed by atoms with Gasteiger partial charge in [0, 0.05) is 11.4 Å². The highest BCUT2D eigenvalue weighted by Crippen LogP contribution is 2.25. The van der Waals surface area contributed by atoms with E-state index in [9.17, 15) is 8.42 Å². The maximum Gasteiger partial charge on any atom is 0.252 e. The van der Waals surface area contributed by atoms with Crippen LogP contribution >= 0.6 is 11.3 Å². The minimum atomic E-state index is -3.57. The van der Waals surface area contributed by atoms with Gasteiger partial charge in [-0.2, -0.15) is 4.31 Å².